The highest BCUT2D eigenvalue weighted by Gasteiger charge is 2.47. The van der Waals surface area contributed by atoms with Crippen LogP contribution in [0.5, 0.6) is 0 Å². The van der Waals surface area contributed by atoms with Crippen LogP contribution in [0.2, 0.25) is 0 Å². The fourth-order valence-electron chi connectivity index (χ4n) is 3.75. The molecule has 0 aliphatic carbocycles. The molecular formula is C22H18F4N2. The topological polar surface area (TPSA) is 15.6 Å². The van der Waals surface area contributed by atoms with Crippen LogP contribution in [-0.4, -0.2) is 23.1 Å². The van der Waals surface area contributed by atoms with E-state index in [1.54, 1.807) is 6.92 Å². The number of hydrogen-bond donors (Lipinski definition) is 0. The fourth-order valence-corrected chi connectivity index (χ4v) is 3.75. The second-order valence-electron chi connectivity index (χ2n) is 6.88. The first-order chi connectivity index (χ1) is 13.4. The number of benzene rings is 2. The highest BCUT2D eigenvalue weighted by atomic mass is 19.3. The quantitative estimate of drug-likeness (QED) is 0.595. The third-order valence-corrected chi connectivity index (χ3v) is 5.07. The van der Waals surface area contributed by atoms with Gasteiger partial charge >= 0.3 is 12.3 Å². The molecule has 0 fully saturated rings. The summed E-state index contributed by atoms with van der Waals surface area (Å²) in [5.74, 6) is -3.94. The van der Waals surface area contributed by atoms with E-state index >= 15 is 0 Å². The third kappa shape index (κ3) is 3.03. The van der Waals surface area contributed by atoms with Gasteiger partial charge in [-0.3, -0.25) is 4.99 Å². The molecule has 2 aliphatic rings. The molecule has 2 aromatic carbocycles. The number of allylic oxidation sites excluding steroid dienone is 3. The Morgan fingerprint density at radius 1 is 0.893 bits per heavy atom. The standard InChI is InChI=1S/C22H18F4N2/c1-14-12-17(22(25,26)21(23)24)13-18-27-19(15-8-4-2-5-9-15)20(28(14)18)16-10-6-3-7-11-16/h2-13,19-21H,1H3/t19-,20-/m1/s1. The van der Waals surface area contributed by atoms with Gasteiger partial charge in [-0.25, -0.2) is 8.78 Å². The maximum absolute atomic E-state index is 14.0. The molecule has 0 spiro atoms. The molecule has 2 nitrogen and oxygen atoms in total. The van der Waals surface area contributed by atoms with Crippen LogP contribution in [0.1, 0.15) is 30.1 Å². The first-order valence-corrected chi connectivity index (χ1v) is 8.93. The van der Waals surface area contributed by atoms with Crippen LogP contribution in [0.4, 0.5) is 17.6 Å². The van der Waals surface area contributed by atoms with Gasteiger partial charge < -0.3 is 4.90 Å². The van der Waals surface area contributed by atoms with Crippen LogP contribution in [0, 0.1) is 0 Å². The van der Waals surface area contributed by atoms with Crippen LogP contribution in [-0.2, 0) is 0 Å². The second kappa shape index (κ2) is 6.93. The Morgan fingerprint density at radius 3 is 2.04 bits per heavy atom. The molecule has 144 valence electrons. The highest BCUT2D eigenvalue weighted by Crippen LogP contribution is 2.47. The summed E-state index contributed by atoms with van der Waals surface area (Å²) in [6, 6.07) is 18.6. The molecular weight excluding hydrogens is 368 g/mol. The second-order valence-corrected chi connectivity index (χ2v) is 6.88. The van der Waals surface area contributed by atoms with Crippen molar-refractivity contribution in [1.29, 1.82) is 0 Å². The van der Waals surface area contributed by atoms with Gasteiger partial charge in [0.1, 0.15) is 11.9 Å². The van der Waals surface area contributed by atoms with Crippen LogP contribution in [0.25, 0.3) is 0 Å². The average molecular weight is 386 g/mol. The minimum Gasteiger partial charge on any atom is -0.321 e. The molecule has 4 rings (SSSR count). The normalized spacial score (nSPS) is 21.9. The largest absolute Gasteiger partial charge is 0.332 e. The molecule has 0 saturated heterocycles. The summed E-state index contributed by atoms with van der Waals surface area (Å²) in [6.07, 6.45) is -1.56. The summed E-state index contributed by atoms with van der Waals surface area (Å²) < 4.78 is 53.7. The molecule has 2 aliphatic heterocycles. The van der Waals surface area contributed by atoms with Gasteiger partial charge in [-0.05, 0) is 30.2 Å². The lowest BCUT2D eigenvalue weighted by molar-refractivity contribution is -0.0970. The van der Waals surface area contributed by atoms with Gasteiger partial charge in [-0.1, -0.05) is 60.7 Å². The number of alkyl halides is 4. The molecule has 0 N–H and O–H groups in total. The van der Waals surface area contributed by atoms with Crippen molar-refractivity contribution in [2.45, 2.75) is 31.4 Å². The fraction of sp³-hybridized carbons (Fsp3) is 0.227. The van der Waals surface area contributed by atoms with Crippen molar-refractivity contribution in [2.24, 2.45) is 4.99 Å². The summed E-state index contributed by atoms with van der Waals surface area (Å²) in [5, 5.41) is 0. The zero-order chi connectivity index (χ0) is 19.9. The predicted molar refractivity (Wildman–Crippen MR) is 100 cm³/mol. The number of rotatable bonds is 4. The Labute approximate surface area is 160 Å². The molecule has 0 radical (unpaired) electrons. The van der Waals surface area contributed by atoms with Crippen LogP contribution in [0.3, 0.4) is 0 Å². The van der Waals surface area contributed by atoms with Crippen molar-refractivity contribution in [3.63, 3.8) is 0 Å². The SMILES string of the molecule is CC1=CC(C(F)(F)C(F)F)=CC2=N[C@H](c3ccccc3)[C@@H](c3ccccc3)N12. The van der Waals surface area contributed by atoms with Gasteiger partial charge in [0, 0.05) is 11.3 Å². The van der Waals surface area contributed by atoms with Gasteiger partial charge in [-0.15, -0.1) is 0 Å². The maximum Gasteiger partial charge on any atom is 0.332 e. The molecule has 0 bridgehead atoms. The van der Waals surface area contributed by atoms with E-state index in [2.05, 4.69) is 4.99 Å². The lowest BCUT2D eigenvalue weighted by Crippen LogP contribution is -2.36. The van der Waals surface area contributed by atoms with E-state index in [0.717, 1.165) is 23.3 Å². The lowest BCUT2D eigenvalue weighted by atomic mass is 9.92. The number of fused-ring (bicyclic) bond motifs is 1. The summed E-state index contributed by atoms with van der Waals surface area (Å²) in [4.78, 5) is 6.50. The molecule has 0 amide bonds. The number of amidine groups is 1. The van der Waals surface area contributed by atoms with Crippen LogP contribution in [0.15, 0.2) is 89.1 Å². The molecule has 2 aromatic rings. The summed E-state index contributed by atoms with van der Waals surface area (Å²) in [6.45, 7) is 1.65. The minimum atomic E-state index is -4.22. The van der Waals surface area contributed by atoms with Gasteiger partial charge in [0.2, 0.25) is 0 Å². The number of nitrogens with zero attached hydrogens (tertiary/aromatic N) is 2. The van der Waals surface area contributed by atoms with E-state index in [-0.39, 0.29) is 17.9 Å². The zero-order valence-electron chi connectivity index (χ0n) is 15.1. The van der Waals surface area contributed by atoms with Crippen molar-refractivity contribution in [3.05, 3.63) is 95.2 Å². The Hall–Kier alpha value is -2.89. The van der Waals surface area contributed by atoms with E-state index in [9.17, 15) is 17.6 Å². The van der Waals surface area contributed by atoms with Gasteiger partial charge in [0.15, 0.2) is 0 Å². The van der Waals surface area contributed by atoms with Crippen molar-refractivity contribution in [3.8, 4) is 0 Å². The van der Waals surface area contributed by atoms with Crippen LogP contribution < -0.4 is 0 Å². The third-order valence-electron chi connectivity index (χ3n) is 5.07. The van der Waals surface area contributed by atoms with Crippen molar-refractivity contribution in [2.75, 3.05) is 0 Å². The van der Waals surface area contributed by atoms with E-state index in [1.807, 2.05) is 65.6 Å². The monoisotopic (exact) mass is 386 g/mol. The summed E-state index contributed by atoms with van der Waals surface area (Å²) in [7, 11) is 0. The Balaban J connectivity index is 1.83. The molecule has 6 heteroatoms. The smallest absolute Gasteiger partial charge is 0.321 e. The van der Waals surface area contributed by atoms with Crippen molar-refractivity contribution in [1.82, 2.24) is 4.90 Å². The maximum atomic E-state index is 14.0. The summed E-state index contributed by atoms with van der Waals surface area (Å²) in [5.41, 5.74) is 1.65. The molecule has 28 heavy (non-hydrogen) atoms. The number of halogens is 4. The van der Waals surface area contributed by atoms with Gasteiger partial charge in [0.05, 0.1) is 6.04 Å². The van der Waals surface area contributed by atoms with E-state index < -0.39 is 17.9 Å². The summed E-state index contributed by atoms with van der Waals surface area (Å²) >= 11 is 0. The predicted octanol–water partition coefficient (Wildman–Crippen LogP) is 5.93. The van der Waals surface area contributed by atoms with Crippen molar-refractivity contribution < 1.29 is 17.6 Å². The Kier molecular flexibility index (Phi) is 4.57. The molecule has 2 heterocycles. The Bertz CT molecular complexity index is 949. The lowest BCUT2D eigenvalue weighted by Gasteiger charge is -2.34. The minimum absolute atomic E-state index is 0.243. The average Bonchev–Trinajstić information content (AvgIpc) is 3.09. The molecule has 0 aromatic heterocycles. The first kappa shape index (κ1) is 18.5. The van der Waals surface area contributed by atoms with Crippen LogP contribution >= 0.6 is 0 Å². The Morgan fingerprint density at radius 2 is 1.46 bits per heavy atom. The molecule has 0 saturated carbocycles. The number of hydrogen-bond acceptors (Lipinski definition) is 2. The number of aliphatic imine (C=N–C) groups is 1. The van der Waals surface area contributed by atoms with E-state index in [4.69, 9.17) is 0 Å². The van der Waals surface area contributed by atoms with Gasteiger partial charge in [0.25, 0.3) is 0 Å². The zero-order valence-corrected chi connectivity index (χ0v) is 15.1. The molecule has 0 unspecified atom stereocenters. The highest BCUT2D eigenvalue weighted by molar-refractivity contribution is 5.98. The van der Waals surface area contributed by atoms with Gasteiger partial charge in [-0.2, -0.15) is 8.78 Å². The van der Waals surface area contributed by atoms with E-state index in [0.29, 0.717) is 5.70 Å². The first-order valence-electron chi connectivity index (χ1n) is 8.93. The van der Waals surface area contributed by atoms with E-state index in [1.165, 1.54) is 0 Å². The van der Waals surface area contributed by atoms with Crippen molar-refractivity contribution >= 4 is 5.84 Å². The molecule has 2 atom stereocenters.